The Bertz CT molecular complexity index is 162. The van der Waals surface area contributed by atoms with Gasteiger partial charge in [0.2, 0.25) is 0 Å². The molecular weight excluding hydrogens is 244 g/mol. The number of hydrogen-bond acceptors (Lipinski definition) is 8. The molecule has 0 aromatic rings. The Morgan fingerprint density at radius 1 is 0.800 bits per heavy atom. The molecule has 0 aromatic carbocycles. The van der Waals surface area contributed by atoms with Crippen LogP contribution in [0.5, 0.6) is 0 Å². The van der Waals surface area contributed by atoms with E-state index >= 15 is 0 Å². The molecule has 0 bridgehead atoms. The van der Waals surface area contributed by atoms with Crippen LogP contribution < -0.4 is 11.8 Å². The first kappa shape index (κ1) is 29.2. The van der Waals surface area contributed by atoms with Gasteiger partial charge in [-0.25, -0.2) is 11.8 Å². The Labute approximate surface area is 83.8 Å². The van der Waals surface area contributed by atoms with Crippen LogP contribution in [0.2, 0.25) is 0 Å². The van der Waals surface area contributed by atoms with Crippen molar-refractivity contribution in [3.63, 3.8) is 0 Å². The Kier molecular flexibility index (Phi) is 75.6. The molecule has 0 aliphatic heterocycles. The lowest BCUT2D eigenvalue weighted by molar-refractivity contribution is -0.123. The molecule has 0 spiro atoms. The van der Waals surface area contributed by atoms with Gasteiger partial charge in [0.15, 0.2) is 0 Å². The fourth-order valence-electron chi connectivity index (χ4n) is 0. The molecule has 15 heavy (non-hydrogen) atoms. The summed E-state index contributed by atoms with van der Waals surface area (Å²) in [6, 6.07) is 0. The predicted molar refractivity (Wildman–Crippen MR) is 43.5 cm³/mol. The molecule has 0 unspecified atom stereocenters. The summed E-state index contributed by atoms with van der Waals surface area (Å²) in [4.78, 5) is 16.7. The molecule has 0 amide bonds. The molecule has 0 aromatic heterocycles. The third-order valence-corrected chi connectivity index (χ3v) is 0. The lowest BCUT2D eigenvalue weighted by Gasteiger charge is -1.68. The van der Waals surface area contributed by atoms with E-state index in [0.29, 0.717) is 0 Å². The van der Waals surface area contributed by atoms with Gasteiger partial charge in [-0.3, -0.25) is 18.7 Å². The molecule has 0 aliphatic rings. The Balaban J connectivity index is -0.0000000296. The highest BCUT2D eigenvalue weighted by Gasteiger charge is 1.84. The van der Waals surface area contributed by atoms with Gasteiger partial charge in [-0.15, -0.1) is 0 Å². The monoisotopic (exact) mass is 256 g/mol. The highest BCUT2D eigenvalue weighted by atomic mass is 32.3. The van der Waals surface area contributed by atoms with Crippen molar-refractivity contribution in [3.8, 4) is 0 Å². The van der Waals surface area contributed by atoms with Gasteiger partial charge >= 0.3 is 10.4 Å². The van der Waals surface area contributed by atoms with Crippen molar-refractivity contribution in [2.45, 2.75) is 0 Å². The summed E-state index contributed by atoms with van der Waals surface area (Å²) in [5.74, 6) is 7.00. The van der Waals surface area contributed by atoms with E-state index in [4.69, 9.17) is 47.7 Å². The van der Waals surface area contributed by atoms with Crippen LogP contribution in [-0.4, -0.2) is 51.1 Å². The standard InChI is InChI=1S/2CH2O2.2H3NO.H2O4S/c2*2-1-3;2*1-2;1-5(2,3)4/h2*1H,(H,2,3);2*2H,1H2;(H2,1,2,3,4). The largest absolute Gasteiger partial charge is 0.483 e. The highest BCUT2D eigenvalue weighted by molar-refractivity contribution is 7.79. The Morgan fingerprint density at radius 2 is 0.800 bits per heavy atom. The third-order valence-electron chi connectivity index (χ3n) is 0. The van der Waals surface area contributed by atoms with Gasteiger partial charge in [-0.2, -0.15) is 8.42 Å². The van der Waals surface area contributed by atoms with E-state index in [1.165, 1.54) is 0 Å². The van der Waals surface area contributed by atoms with Crippen LogP contribution in [-0.2, 0) is 20.0 Å². The summed E-state index contributed by atoms with van der Waals surface area (Å²) in [7, 11) is -4.67. The van der Waals surface area contributed by atoms with Crippen molar-refractivity contribution < 1.29 is 47.7 Å². The van der Waals surface area contributed by atoms with Crippen molar-refractivity contribution >= 4 is 23.3 Å². The van der Waals surface area contributed by atoms with E-state index in [-0.39, 0.29) is 12.9 Å². The van der Waals surface area contributed by atoms with E-state index < -0.39 is 10.4 Å². The van der Waals surface area contributed by atoms with Gasteiger partial charge in [-0.05, 0) is 0 Å². The molecule has 0 fully saturated rings. The normalized spacial score (nSPS) is 6.27. The zero-order valence-electron chi connectivity index (χ0n) is 7.03. The van der Waals surface area contributed by atoms with E-state index in [1.54, 1.807) is 0 Å². The Morgan fingerprint density at radius 3 is 0.800 bits per heavy atom. The maximum Gasteiger partial charge on any atom is 0.394 e. The second-order valence-electron chi connectivity index (χ2n) is 0.659. The number of nitrogens with two attached hydrogens (primary N) is 2. The van der Waals surface area contributed by atoms with E-state index in [1.807, 2.05) is 0 Å². The first-order valence-corrected chi connectivity index (χ1v) is 3.60. The van der Waals surface area contributed by atoms with Crippen LogP contribution in [0.25, 0.3) is 0 Å². The number of rotatable bonds is 0. The quantitative estimate of drug-likeness (QED) is 0.126. The van der Waals surface area contributed by atoms with E-state index in [2.05, 4.69) is 11.8 Å². The molecule has 0 saturated carbocycles. The summed E-state index contributed by atoms with van der Waals surface area (Å²) < 4.78 is 31.6. The first-order chi connectivity index (χ1) is 6.83. The summed E-state index contributed by atoms with van der Waals surface area (Å²) in [6.45, 7) is -0.500. The lowest BCUT2D eigenvalue weighted by Crippen LogP contribution is -1.89. The minimum absolute atomic E-state index is 0.250. The second kappa shape index (κ2) is 38.8. The lowest BCUT2D eigenvalue weighted by atomic mass is 11.7. The summed E-state index contributed by atoms with van der Waals surface area (Å²) in [6.07, 6.45) is 0. The third kappa shape index (κ3) is 787. The molecule has 13 heteroatoms. The zero-order valence-corrected chi connectivity index (χ0v) is 7.85. The van der Waals surface area contributed by atoms with Crippen LogP contribution in [0.3, 0.4) is 0 Å². The van der Waals surface area contributed by atoms with Crippen molar-refractivity contribution in [2.75, 3.05) is 0 Å². The molecule has 0 heterocycles. The van der Waals surface area contributed by atoms with Gasteiger partial charge in [0.1, 0.15) is 0 Å². The van der Waals surface area contributed by atoms with Gasteiger partial charge in [0.25, 0.3) is 12.9 Å². The van der Waals surface area contributed by atoms with Gasteiger partial charge in [-0.1, -0.05) is 0 Å². The van der Waals surface area contributed by atoms with Crippen LogP contribution in [0.15, 0.2) is 0 Å². The zero-order chi connectivity index (χ0) is 13.9. The van der Waals surface area contributed by atoms with E-state index in [9.17, 15) is 0 Å². The molecule has 0 rings (SSSR count). The fourth-order valence-corrected chi connectivity index (χ4v) is 0. The van der Waals surface area contributed by atoms with Gasteiger partial charge in [0.05, 0.1) is 0 Å². The van der Waals surface area contributed by atoms with Gasteiger partial charge in [0, 0.05) is 0 Å². The SMILES string of the molecule is NO.NO.O=CO.O=CO.O=S(=O)(O)O. The van der Waals surface area contributed by atoms with Crippen molar-refractivity contribution in [2.24, 2.45) is 11.8 Å². The molecule has 0 radical (unpaired) electrons. The van der Waals surface area contributed by atoms with Crippen LogP contribution in [0.1, 0.15) is 0 Å². The minimum atomic E-state index is -4.67. The summed E-state index contributed by atoms with van der Waals surface area (Å²) in [5, 5.41) is 26.8. The van der Waals surface area contributed by atoms with Crippen molar-refractivity contribution in [1.29, 1.82) is 0 Å². The molecule has 0 aliphatic carbocycles. The second-order valence-corrected chi connectivity index (χ2v) is 1.55. The fraction of sp³-hybridized carbons (Fsp3) is 0. The summed E-state index contributed by atoms with van der Waals surface area (Å²) in [5.41, 5.74) is 0. The van der Waals surface area contributed by atoms with Gasteiger partial charge < -0.3 is 20.6 Å². The number of carboxylic acid groups (broad SMARTS) is 2. The average Bonchev–Trinajstić information content (AvgIpc) is 2.10. The molecule has 96 valence electrons. The van der Waals surface area contributed by atoms with Crippen LogP contribution >= 0.6 is 0 Å². The van der Waals surface area contributed by atoms with E-state index in [0.717, 1.165) is 0 Å². The van der Waals surface area contributed by atoms with Crippen LogP contribution in [0, 0.1) is 0 Å². The smallest absolute Gasteiger partial charge is 0.394 e. The van der Waals surface area contributed by atoms with Crippen molar-refractivity contribution in [3.05, 3.63) is 0 Å². The molecule has 0 atom stereocenters. The average molecular weight is 256 g/mol. The maximum atomic E-state index is 8.74. The molecule has 12 nitrogen and oxygen atoms in total. The summed E-state index contributed by atoms with van der Waals surface area (Å²) >= 11 is 0. The topological polar surface area (TPSA) is 242 Å². The van der Waals surface area contributed by atoms with Crippen LogP contribution in [0.4, 0.5) is 0 Å². The maximum absolute atomic E-state index is 8.74. The predicted octanol–water partition coefficient (Wildman–Crippen LogP) is -2.58. The first-order valence-electron chi connectivity index (χ1n) is 2.20. The molecule has 10 N–H and O–H groups in total. The molecule has 0 saturated heterocycles. The Hall–Kier alpha value is -1.35. The minimum Gasteiger partial charge on any atom is -0.483 e. The van der Waals surface area contributed by atoms with Crippen molar-refractivity contribution in [1.82, 2.24) is 0 Å². The highest BCUT2D eigenvalue weighted by Crippen LogP contribution is 1.59. The number of carbonyl (C=O) groups is 2. The number of hydrogen-bond donors (Lipinski definition) is 8. The molecular formula is C2H12N2O10S.